The summed E-state index contributed by atoms with van der Waals surface area (Å²) >= 11 is 1.49. The number of urea groups is 1. The van der Waals surface area contributed by atoms with Crippen LogP contribution in [-0.2, 0) is 4.79 Å². The van der Waals surface area contributed by atoms with Crippen molar-refractivity contribution in [1.82, 2.24) is 19.8 Å². The van der Waals surface area contributed by atoms with Gasteiger partial charge in [0.2, 0.25) is 5.91 Å². The molecular weight excluding hydrogens is 410 g/mol. The van der Waals surface area contributed by atoms with E-state index in [0.29, 0.717) is 43.7 Å². The zero-order valence-corrected chi connectivity index (χ0v) is 18.7. The summed E-state index contributed by atoms with van der Waals surface area (Å²) in [7, 11) is 0. The van der Waals surface area contributed by atoms with Crippen molar-refractivity contribution in [2.24, 2.45) is 5.92 Å². The molecule has 0 atom stereocenters. The molecule has 0 bridgehead atoms. The fourth-order valence-corrected chi connectivity index (χ4v) is 5.04. The van der Waals surface area contributed by atoms with Crippen LogP contribution in [0.25, 0.3) is 0 Å². The number of hydrogen-bond acceptors (Lipinski definition) is 5. The van der Waals surface area contributed by atoms with Crippen molar-refractivity contribution in [2.45, 2.75) is 49.1 Å². The monoisotopic (exact) mass is 439 g/mol. The zero-order chi connectivity index (χ0) is 21.6. The van der Waals surface area contributed by atoms with Crippen molar-refractivity contribution in [3.63, 3.8) is 0 Å². The van der Waals surface area contributed by atoms with Crippen molar-refractivity contribution in [3.8, 4) is 0 Å². The SMILES string of the molecule is Cc1cc(Sc2ncccn2)ccc1NC(=O)N1CCN(C(=O)CC2CCCC2)CC1. The van der Waals surface area contributed by atoms with Gasteiger partial charge in [0.05, 0.1) is 0 Å². The number of nitrogens with one attached hydrogen (secondary N) is 1. The van der Waals surface area contributed by atoms with Gasteiger partial charge in [-0.25, -0.2) is 14.8 Å². The van der Waals surface area contributed by atoms with Crippen LogP contribution in [0.15, 0.2) is 46.7 Å². The fourth-order valence-electron chi connectivity index (χ4n) is 4.23. The van der Waals surface area contributed by atoms with Crippen molar-refractivity contribution in [3.05, 3.63) is 42.2 Å². The van der Waals surface area contributed by atoms with E-state index in [1.165, 1.54) is 37.4 Å². The van der Waals surface area contributed by atoms with Crippen LogP contribution < -0.4 is 5.32 Å². The molecule has 0 radical (unpaired) electrons. The Morgan fingerprint density at radius 1 is 1.06 bits per heavy atom. The highest BCUT2D eigenvalue weighted by Gasteiger charge is 2.27. The van der Waals surface area contributed by atoms with E-state index in [2.05, 4.69) is 15.3 Å². The molecule has 3 amide bonds. The van der Waals surface area contributed by atoms with Crippen molar-refractivity contribution in [1.29, 1.82) is 0 Å². The van der Waals surface area contributed by atoms with E-state index in [-0.39, 0.29) is 11.9 Å². The molecule has 1 aliphatic heterocycles. The largest absolute Gasteiger partial charge is 0.339 e. The van der Waals surface area contributed by atoms with E-state index in [0.717, 1.165) is 16.1 Å². The molecule has 2 heterocycles. The predicted octanol–water partition coefficient (Wildman–Crippen LogP) is 4.19. The molecule has 1 N–H and O–H groups in total. The van der Waals surface area contributed by atoms with Gasteiger partial charge in [-0.3, -0.25) is 4.79 Å². The third-order valence-corrected chi connectivity index (χ3v) is 6.93. The molecule has 1 aromatic carbocycles. The van der Waals surface area contributed by atoms with Crippen LogP contribution in [0.3, 0.4) is 0 Å². The van der Waals surface area contributed by atoms with Crippen molar-refractivity contribution < 1.29 is 9.59 Å². The third-order valence-electron chi connectivity index (χ3n) is 6.05. The van der Waals surface area contributed by atoms with Gasteiger partial charge in [-0.15, -0.1) is 0 Å². The lowest BCUT2D eigenvalue weighted by atomic mass is 10.0. The van der Waals surface area contributed by atoms with E-state index in [1.807, 2.05) is 30.0 Å². The summed E-state index contributed by atoms with van der Waals surface area (Å²) in [5.41, 5.74) is 1.78. The predicted molar refractivity (Wildman–Crippen MR) is 121 cm³/mol. The van der Waals surface area contributed by atoms with Crippen LogP contribution in [0.5, 0.6) is 0 Å². The van der Waals surface area contributed by atoms with E-state index in [4.69, 9.17) is 0 Å². The smallest absolute Gasteiger partial charge is 0.321 e. The second-order valence-corrected chi connectivity index (χ2v) is 9.30. The maximum Gasteiger partial charge on any atom is 0.321 e. The van der Waals surface area contributed by atoms with Crippen LogP contribution in [0, 0.1) is 12.8 Å². The quantitative estimate of drug-likeness (QED) is 0.707. The number of anilines is 1. The lowest BCUT2D eigenvalue weighted by Crippen LogP contribution is -2.51. The van der Waals surface area contributed by atoms with Gasteiger partial charge >= 0.3 is 6.03 Å². The molecule has 164 valence electrons. The first-order chi connectivity index (χ1) is 15.1. The summed E-state index contributed by atoms with van der Waals surface area (Å²) in [6.07, 6.45) is 8.99. The summed E-state index contributed by atoms with van der Waals surface area (Å²) < 4.78 is 0. The molecule has 2 aromatic rings. The van der Waals surface area contributed by atoms with E-state index in [9.17, 15) is 9.59 Å². The van der Waals surface area contributed by atoms with Gasteiger partial charge in [-0.05, 0) is 67.3 Å². The maximum absolute atomic E-state index is 12.7. The van der Waals surface area contributed by atoms with Crippen LogP contribution >= 0.6 is 11.8 Å². The minimum atomic E-state index is -0.113. The Morgan fingerprint density at radius 3 is 2.42 bits per heavy atom. The lowest BCUT2D eigenvalue weighted by molar-refractivity contribution is -0.133. The Hall–Kier alpha value is -2.61. The van der Waals surface area contributed by atoms with Gasteiger partial charge in [0, 0.05) is 55.6 Å². The molecule has 0 spiro atoms. The van der Waals surface area contributed by atoms with Crippen LogP contribution in [0.1, 0.15) is 37.7 Å². The molecule has 0 unspecified atom stereocenters. The molecule has 2 fully saturated rings. The summed E-state index contributed by atoms with van der Waals surface area (Å²) in [5.74, 6) is 0.810. The molecule has 31 heavy (non-hydrogen) atoms. The summed E-state index contributed by atoms with van der Waals surface area (Å²) in [5, 5.41) is 3.71. The number of piperazine rings is 1. The number of carbonyl (C=O) groups excluding carboxylic acids is 2. The maximum atomic E-state index is 12.7. The topological polar surface area (TPSA) is 78.4 Å². The number of aromatic nitrogens is 2. The van der Waals surface area contributed by atoms with E-state index < -0.39 is 0 Å². The Kier molecular flexibility index (Phi) is 7.06. The molecule has 2 aliphatic rings. The van der Waals surface area contributed by atoms with Gasteiger partial charge in [-0.2, -0.15) is 0 Å². The summed E-state index contributed by atoms with van der Waals surface area (Å²) in [4.78, 5) is 38.5. The Bertz CT molecular complexity index is 909. The fraction of sp³-hybridized carbons (Fsp3) is 0.478. The first kappa shape index (κ1) is 21.6. The highest BCUT2D eigenvalue weighted by Crippen LogP contribution is 2.29. The van der Waals surface area contributed by atoms with E-state index >= 15 is 0 Å². The zero-order valence-electron chi connectivity index (χ0n) is 17.9. The van der Waals surface area contributed by atoms with Crippen molar-refractivity contribution >= 4 is 29.4 Å². The minimum absolute atomic E-state index is 0.113. The summed E-state index contributed by atoms with van der Waals surface area (Å²) in [6, 6.07) is 7.58. The Labute approximate surface area is 187 Å². The number of rotatable bonds is 5. The Balaban J connectivity index is 1.27. The van der Waals surface area contributed by atoms with Gasteiger partial charge in [0.1, 0.15) is 0 Å². The van der Waals surface area contributed by atoms with Gasteiger partial charge < -0.3 is 15.1 Å². The highest BCUT2D eigenvalue weighted by atomic mass is 32.2. The normalized spacial score (nSPS) is 17.1. The molecular formula is C23H29N5O2S. The van der Waals surface area contributed by atoms with Gasteiger partial charge in [-0.1, -0.05) is 12.8 Å². The lowest BCUT2D eigenvalue weighted by Gasteiger charge is -2.35. The number of carbonyl (C=O) groups is 2. The first-order valence-corrected chi connectivity index (χ1v) is 11.8. The second-order valence-electron chi connectivity index (χ2n) is 8.26. The molecule has 7 nitrogen and oxygen atoms in total. The molecule has 1 saturated carbocycles. The molecule has 4 rings (SSSR count). The third kappa shape index (κ3) is 5.76. The number of benzene rings is 1. The van der Waals surface area contributed by atoms with Gasteiger partial charge in [0.15, 0.2) is 5.16 Å². The van der Waals surface area contributed by atoms with Gasteiger partial charge in [0.25, 0.3) is 0 Å². The molecule has 1 aromatic heterocycles. The average Bonchev–Trinajstić information content (AvgIpc) is 3.29. The molecule has 1 aliphatic carbocycles. The average molecular weight is 440 g/mol. The molecule has 1 saturated heterocycles. The van der Waals surface area contributed by atoms with Crippen LogP contribution in [-0.4, -0.2) is 57.9 Å². The van der Waals surface area contributed by atoms with Crippen molar-refractivity contribution in [2.75, 3.05) is 31.5 Å². The van der Waals surface area contributed by atoms with Crippen LogP contribution in [0.4, 0.5) is 10.5 Å². The number of amides is 3. The highest BCUT2D eigenvalue weighted by molar-refractivity contribution is 7.99. The Morgan fingerprint density at radius 2 is 1.74 bits per heavy atom. The number of aryl methyl sites for hydroxylation is 1. The minimum Gasteiger partial charge on any atom is -0.339 e. The number of hydrogen-bond donors (Lipinski definition) is 1. The molecule has 8 heteroatoms. The standard InChI is InChI=1S/C23H29N5O2S/c1-17-15-19(31-22-24-9-4-10-25-22)7-8-20(17)26-23(30)28-13-11-27(12-14-28)21(29)16-18-5-2-3-6-18/h4,7-10,15,18H,2-3,5-6,11-14,16H2,1H3,(H,26,30). The van der Waals surface area contributed by atoms with E-state index in [1.54, 1.807) is 23.4 Å². The first-order valence-electron chi connectivity index (χ1n) is 11.0. The number of nitrogens with zero attached hydrogens (tertiary/aromatic N) is 4. The second kappa shape index (κ2) is 10.1. The summed E-state index contributed by atoms with van der Waals surface area (Å²) in [6.45, 7) is 4.35. The van der Waals surface area contributed by atoms with Crippen LogP contribution in [0.2, 0.25) is 0 Å².